The van der Waals surface area contributed by atoms with Crippen molar-refractivity contribution in [3.05, 3.63) is 72.9 Å². The highest BCUT2D eigenvalue weighted by Crippen LogP contribution is 2.24. The molecule has 2 rings (SSSR count). The summed E-state index contributed by atoms with van der Waals surface area (Å²) in [6, 6.07) is 10.5. The first-order valence-electron chi connectivity index (χ1n) is 5.30. The van der Waals surface area contributed by atoms with Crippen LogP contribution in [-0.2, 0) is 0 Å². The maximum atomic E-state index is 11.2. The highest BCUT2D eigenvalue weighted by atomic mass is 79.9. The normalized spacial score (nSPS) is 11.4. The molecule has 0 aliphatic rings. The molecule has 0 atom stereocenters. The number of rotatable bonds is 3. The Morgan fingerprint density at radius 1 is 1.26 bits per heavy atom. The Morgan fingerprint density at radius 3 is 2.53 bits per heavy atom. The molecule has 1 aromatic carbocycles. The van der Waals surface area contributed by atoms with Crippen molar-refractivity contribution < 1.29 is 4.92 Å². The predicted molar refractivity (Wildman–Crippen MR) is 80.9 cm³/mol. The van der Waals surface area contributed by atoms with Gasteiger partial charge in [0.15, 0.2) is 0 Å². The van der Waals surface area contributed by atoms with Crippen molar-refractivity contribution >= 4 is 43.6 Å². The number of aromatic nitrogens is 1. The lowest BCUT2D eigenvalue weighted by Crippen LogP contribution is -1.98. The second-order valence-electron chi connectivity index (χ2n) is 3.67. The fraction of sp³-hybridized carbons (Fsp3) is 0. The summed E-state index contributed by atoms with van der Waals surface area (Å²) in [7, 11) is 0. The summed E-state index contributed by atoms with van der Waals surface area (Å²) in [5.74, 6) is 0. The number of halogens is 2. The van der Waals surface area contributed by atoms with E-state index in [1.165, 1.54) is 6.08 Å². The molecule has 0 bridgehead atoms. The molecule has 0 radical (unpaired) electrons. The van der Waals surface area contributed by atoms with Gasteiger partial charge in [0.1, 0.15) is 0 Å². The Morgan fingerprint density at radius 2 is 1.95 bits per heavy atom. The molecule has 2 aromatic rings. The van der Waals surface area contributed by atoms with Crippen molar-refractivity contribution in [2.45, 2.75) is 0 Å². The van der Waals surface area contributed by atoms with Crippen LogP contribution in [0.2, 0.25) is 0 Å². The van der Waals surface area contributed by atoms with Crippen LogP contribution in [-0.4, -0.2) is 9.91 Å². The van der Waals surface area contributed by atoms with E-state index >= 15 is 0 Å². The minimum absolute atomic E-state index is 0.0103. The van der Waals surface area contributed by atoms with Crippen LogP contribution in [0.3, 0.4) is 0 Å². The molecule has 0 aliphatic carbocycles. The second-order valence-corrected chi connectivity index (χ2v) is 5.44. The molecule has 4 nitrogen and oxygen atoms in total. The standard InChI is InChI=1S/C13H8Br2N2O2/c14-10-6-11(15)12(16-8-10)7-13(17(18)19)9-4-2-1-3-5-9/h1-8H/b13-7+. The Hall–Kier alpha value is -1.53. The van der Waals surface area contributed by atoms with Crippen LogP contribution in [0, 0.1) is 10.1 Å². The van der Waals surface area contributed by atoms with Gasteiger partial charge in [0.05, 0.1) is 16.2 Å². The average Bonchev–Trinajstić information content (AvgIpc) is 2.38. The number of hydrogen-bond donors (Lipinski definition) is 0. The van der Waals surface area contributed by atoms with Crippen LogP contribution in [0.1, 0.15) is 11.3 Å². The van der Waals surface area contributed by atoms with Gasteiger partial charge in [0.25, 0.3) is 5.70 Å². The van der Waals surface area contributed by atoms with E-state index in [9.17, 15) is 10.1 Å². The third-order valence-corrected chi connectivity index (χ3v) is 3.44. The zero-order valence-corrected chi connectivity index (χ0v) is 12.8. The Labute approximate surface area is 126 Å². The molecule has 1 aromatic heterocycles. The largest absolute Gasteiger partial charge is 0.278 e. The smallest absolute Gasteiger partial charge is 0.258 e. The van der Waals surface area contributed by atoms with E-state index in [1.807, 2.05) is 6.07 Å². The van der Waals surface area contributed by atoms with E-state index in [0.29, 0.717) is 15.7 Å². The summed E-state index contributed by atoms with van der Waals surface area (Å²) in [5.41, 5.74) is 1.07. The van der Waals surface area contributed by atoms with Crippen LogP contribution < -0.4 is 0 Å². The predicted octanol–water partition coefficient (Wildman–Crippen LogP) is 4.38. The van der Waals surface area contributed by atoms with Crippen molar-refractivity contribution in [3.8, 4) is 0 Å². The zero-order chi connectivity index (χ0) is 13.8. The van der Waals surface area contributed by atoms with Crippen molar-refractivity contribution in [1.82, 2.24) is 4.98 Å². The summed E-state index contributed by atoms with van der Waals surface area (Å²) in [5, 5.41) is 11.2. The van der Waals surface area contributed by atoms with Gasteiger partial charge in [-0.05, 0) is 50.1 Å². The molecular weight excluding hydrogens is 376 g/mol. The molecular formula is C13H8Br2N2O2. The molecule has 0 fully saturated rings. The van der Waals surface area contributed by atoms with Gasteiger partial charge < -0.3 is 0 Å². The van der Waals surface area contributed by atoms with Crippen molar-refractivity contribution in [2.75, 3.05) is 0 Å². The van der Waals surface area contributed by atoms with Crippen LogP contribution >= 0.6 is 31.9 Å². The Kier molecular flexibility index (Phi) is 4.44. The van der Waals surface area contributed by atoms with E-state index in [-0.39, 0.29) is 5.70 Å². The molecule has 0 saturated carbocycles. The number of benzene rings is 1. The fourth-order valence-electron chi connectivity index (χ4n) is 1.51. The Bertz CT molecular complexity index is 642. The van der Waals surface area contributed by atoms with Crippen LogP contribution in [0.25, 0.3) is 11.8 Å². The monoisotopic (exact) mass is 382 g/mol. The van der Waals surface area contributed by atoms with E-state index in [0.717, 1.165) is 4.47 Å². The Balaban J connectivity index is 2.51. The van der Waals surface area contributed by atoms with Crippen molar-refractivity contribution in [1.29, 1.82) is 0 Å². The molecule has 0 amide bonds. The van der Waals surface area contributed by atoms with Crippen LogP contribution in [0.15, 0.2) is 51.5 Å². The molecule has 0 unspecified atom stereocenters. The van der Waals surface area contributed by atoms with Gasteiger partial charge in [-0.1, -0.05) is 18.2 Å². The highest BCUT2D eigenvalue weighted by molar-refractivity contribution is 9.11. The number of nitro groups is 1. The van der Waals surface area contributed by atoms with Gasteiger partial charge in [-0.15, -0.1) is 0 Å². The first-order chi connectivity index (χ1) is 9.08. The first-order valence-corrected chi connectivity index (χ1v) is 6.89. The maximum absolute atomic E-state index is 11.2. The lowest BCUT2D eigenvalue weighted by atomic mass is 10.1. The van der Waals surface area contributed by atoms with Crippen LogP contribution in [0.5, 0.6) is 0 Å². The van der Waals surface area contributed by atoms with Crippen molar-refractivity contribution in [2.24, 2.45) is 0 Å². The third kappa shape index (κ3) is 3.48. The SMILES string of the molecule is O=[N+]([O-])/C(=C/c1ncc(Br)cc1Br)c1ccccc1. The van der Waals surface area contributed by atoms with Gasteiger partial charge in [0, 0.05) is 21.2 Å². The summed E-state index contributed by atoms with van der Waals surface area (Å²) < 4.78 is 1.50. The van der Waals surface area contributed by atoms with Gasteiger partial charge in [0.2, 0.25) is 0 Å². The average molecular weight is 384 g/mol. The summed E-state index contributed by atoms with van der Waals surface area (Å²) >= 11 is 6.63. The van der Waals surface area contributed by atoms with E-state index in [2.05, 4.69) is 36.8 Å². The van der Waals surface area contributed by atoms with E-state index < -0.39 is 4.92 Å². The molecule has 19 heavy (non-hydrogen) atoms. The molecule has 0 aliphatic heterocycles. The zero-order valence-electron chi connectivity index (χ0n) is 9.59. The van der Waals surface area contributed by atoms with Crippen LogP contribution in [0.4, 0.5) is 0 Å². The van der Waals surface area contributed by atoms with E-state index in [1.54, 1.807) is 36.5 Å². The minimum Gasteiger partial charge on any atom is -0.258 e. The highest BCUT2D eigenvalue weighted by Gasteiger charge is 2.15. The van der Waals surface area contributed by atoms with Gasteiger partial charge >= 0.3 is 0 Å². The molecule has 0 N–H and O–H groups in total. The molecule has 0 saturated heterocycles. The lowest BCUT2D eigenvalue weighted by molar-refractivity contribution is -0.374. The number of hydrogen-bond acceptors (Lipinski definition) is 3. The first kappa shape index (κ1) is 13.9. The molecule has 1 heterocycles. The van der Waals surface area contributed by atoms with Gasteiger partial charge in [-0.2, -0.15) is 0 Å². The third-order valence-electron chi connectivity index (χ3n) is 2.38. The summed E-state index contributed by atoms with van der Waals surface area (Å²) in [4.78, 5) is 14.9. The quantitative estimate of drug-likeness (QED) is 0.583. The maximum Gasteiger partial charge on any atom is 0.278 e. The molecule has 6 heteroatoms. The fourth-order valence-corrected chi connectivity index (χ4v) is 2.61. The lowest BCUT2D eigenvalue weighted by Gasteiger charge is -2.01. The summed E-state index contributed by atoms with van der Waals surface area (Å²) in [6.45, 7) is 0. The number of nitrogens with zero attached hydrogens (tertiary/aromatic N) is 2. The van der Waals surface area contributed by atoms with Crippen molar-refractivity contribution in [3.63, 3.8) is 0 Å². The molecule has 0 spiro atoms. The summed E-state index contributed by atoms with van der Waals surface area (Å²) in [6.07, 6.45) is 3.05. The minimum atomic E-state index is -0.411. The van der Waals surface area contributed by atoms with Gasteiger partial charge in [-0.3, -0.25) is 15.1 Å². The number of pyridine rings is 1. The van der Waals surface area contributed by atoms with Gasteiger partial charge in [-0.25, -0.2) is 0 Å². The molecule has 96 valence electrons. The second kappa shape index (κ2) is 6.08. The van der Waals surface area contributed by atoms with E-state index in [4.69, 9.17) is 0 Å². The topological polar surface area (TPSA) is 56.0 Å².